The lowest BCUT2D eigenvalue weighted by Crippen LogP contribution is -2.46. The van der Waals surface area contributed by atoms with Crippen LogP contribution in [-0.2, 0) is 11.3 Å². The normalized spacial score (nSPS) is 21.6. The van der Waals surface area contributed by atoms with Gasteiger partial charge in [0.2, 0.25) is 5.91 Å². The van der Waals surface area contributed by atoms with Crippen LogP contribution in [0.5, 0.6) is 0 Å². The topological polar surface area (TPSA) is 83.4 Å². The molecule has 2 rings (SSSR count). The molecule has 1 fully saturated rings. The Bertz CT molecular complexity index is 451. The van der Waals surface area contributed by atoms with Crippen molar-refractivity contribution in [3.8, 4) is 0 Å². The van der Waals surface area contributed by atoms with Gasteiger partial charge in [-0.1, -0.05) is 6.92 Å². The molecule has 1 aliphatic rings. The molecule has 6 nitrogen and oxygen atoms in total. The van der Waals surface area contributed by atoms with Crippen LogP contribution in [0.4, 0.5) is 4.79 Å². The van der Waals surface area contributed by atoms with Crippen molar-refractivity contribution in [2.45, 2.75) is 45.2 Å². The van der Waals surface area contributed by atoms with Crippen LogP contribution in [0.1, 0.15) is 38.4 Å². The van der Waals surface area contributed by atoms with Crippen LogP contribution in [0.2, 0.25) is 0 Å². The average Bonchev–Trinajstić information content (AvgIpc) is 2.99. The van der Waals surface area contributed by atoms with Crippen molar-refractivity contribution in [1.29, 1.82) is 0 Å². The first kappa shape index (κ1) is 15.4. The second-order valence-corrected chi connectivity index (χ2v) is 5.64. The first-order chi connectivity index (χ1) is 10.1. The van der Waals surface area contributed by atoms with Crippen LogP contribution < -0.4 is 16.0 Å². The molecule has 1 heterocycles. The zero-order valence-corrected chi connectivity index (χ0v) is 12.4. The van der Waals surface area contributed by atoms with Crippen molar-refractivity contribution in [2.24, 2.45) is 5.92 Å². The fourth-order valence-corrected chi connectivity index (χ4v) is 2.46. The summed E-state index contributed by atoms with van der Waals surface area (Å²) >= 11 is 0. The predicted molar refractivity (Wildman–Crippen MR) is 78.5 cm³/mol. The Morgan fingerprint density at radius 2 is 2.00 bits per heavy atom. The van der Waals surface area contributed by atoms with Gasteiger partial charge in [-0.2, -0.15) is 0 Å². The first-order valence-electron chi connectivity index (χ1n) is 7.47. The quantitative estimate of drug-likeness (QED) is 0.773. The fourth-order valence-electron chi connectivity index (χ4n) is 2.46. The van der Waals surface area contributed by atoms with Crippen LogP contribution in [-0.4, -0.2) is 24.5 Å². The van der Waals surface area contributed by atoms with Gasteiger partial charge in [-0.15, -0.1) is 0 Å². The van der Waals surface area contributed by atoms with Gasteiger partial charge in [0, 0.05) is 6.04 Å². The number of amides is 3. The minimum Gasteiger partial charge on any atom is -0.467 e. The standard InChI is InChI=1S/C15H23N3O3/c1-11-4-6-12(7-5-11)18-15(20)17-10-14(19)16-9-13-3-2-8-21-13/h2-3,8,11-12H,4-7,9-10H2,1H3,(H,16,19)(H2,17,18,20). The molecule has 0 spiro atoms. The van der Waals surface area contributed by atoms with E-state index in [1.807, 2.05) is 0 Å². The molecule has 1 aliphatic carbocycles. The maximum Gasteiger partial charge on any atom is 0.315 e. The number of carbonyl (C=O) groups is 2. The van der Waals surface area contributed by atoms with Crippen LogP contribution >= 0.6 is 0 Å². The van der Waals surface area contributed by atoms with E-state index in [0.717, 1.165) is 31.6 Å². The molecule has 1 aromatic rings. The van der Waals surface area contributed by atoms with E-state index >= 15 is 0 Å². The van der Waals surface area contributed by atoms with E-state index in [1.54, 1.807) is 18.4 Å². The number of urea groups is 1. The molecule has 3 N–H and O–H groups in total. The summed E-state index contributed by atoms with van der Waals surface area (Å²) in [6.45, 7) is 2.53. The molecule has 0 bridgehead atoms. The third kappa shape index (κ3) is 5.49. The largest absolute Gasteiger partial charge is 0.467 e. The lowest BCUT2D eigenvalue weighted by Gasteiger charge is -2.26. The summed E-state index contributed by atoms with van der Waals surface area (Å²) in [7, 11) is 0. The molecule has 3 amide bonds. The number of furan rings is 1. The summed E-state index contributed by atoms with van der Waals surface area (Å²) in [6.07, 6.45) is 5.87. The van der Waals surface area contributed by atoms with Crippen LogP contribution in [0.25, 0.3) is 0 Å². The van der Waals surface area contributed by atoms with Crippen LogP contribution in [0.3, 0.4) is 0 Å². The van der Waals surface area contributed by atoms with Gasteiger partial charge in [-0.25, -0.2) is 4.79 Å². The van der Waals surface area contributed by atoms with Crippen molar-refractivity contribution < 1.29 is 14.0 Å². The Labute approximate surface area is 124 Å². The Morgan fingerprint density at radius 1 is 1.24 bits per heavy atom. The fraction of sp³-hybridized carbons (Fsp3) is 0.600. The van der Waals surface area contributed by atoms with Crippen LogP contribution in [0, 0.1) is 5.92 Å². The molecular formula is C15H23N3O3. The second kappa shape index (κ2) is 7.71. The molecule has 0 aliphatic heterocycles. The van der Waals surface area contributed by atoms with Gasteiger partial charge in [0.25, 0.3) is 0 Å². The molecule has 1 aromatic heterocycles. The predicted octanol–water partition coefficient (Wildman–Crippen LogP) is 1.77. The molecule has 0 aromatic carbocycles. The van der Waals surface area contributed by atoms with E-state index in [4.69, 9.17) is 4.42 Å². The Hall–Kier alpha value is -1.98. The highest BCUT2D eigenvalue weighted by Gasteiger charge is 2.19. The van der Waals surface area contributed by atoms with E-state index in [1.165, 1.54) is 0 Å². The van der Waals surface area contributed by atoms with Crippen molar-refractivity contribution in [3.63, 3.8) is 0 Å². The van der Waals surface area contributed by atoms with E-state index in [0.29, 0.717) is 12.3 Å². The minimum atomic E-state index is -0.275. The van der Waals surface area contributed by atoms with Gasteiger partial charge >= 0.3 is 6.03 Å². The van der Waals surface area contributed by atoms with Crippen molar-refractivity contribution in [3.05, 3.63) is 24.2 Å². The molecule has 0 radical (unpaired) electrons. The maximum atomic E-state index is 11.7. The number of carbonyl (C=O) groups excluding carboxylic acids is 2. The number of hydrogen-bond acceptors (Lipinski definition) is 3. The second-order valence-electron chi connectivity index (χ2n) is 5.64. The summed E-state index contributed by atoms with van der Waals surface area (Å²) in [5.74, 6) is 1.20. The molecule has 21 heavy (non-hydrogen) atoms. The highest BCUT2D eigenvalue weighted by Crippen LogP contribution is 2.23. The van der Waals surface area contributed by atoms with E-state index in [2.05, 4.69) is 22.9 Å². The minimum absolute atomic E-state index is 0.0321. The smallest absolute Gasteiger partial charge is 0.315 e. The van der Waals surface area contributed by atoms with E-state index in [9.17, 15) is 9.59 Å². The van der Waals surface area contributed by atoms with Crippen molar-refractivity contribution >= 4 is 11.9 Å². The lowest BCUT2D eigenvalue weighted by molar-refractivity contribution is -0.120. The third-order valence-electron chi connectivity index (χ3n) is 3.80. The SMILES string of the molecule is CC1CCC(NC(=O)NCC(=O)NCc2ccco2)CC1. The van der Waals surface area contributed by atoms with Gasteiger partial charge in [0.15, 0.2) is 0 Å². The van der Waals surface area contributed by atoms with E-state index in [-0.39, 0.29) is 24.5 Å². The molecular weight excluding hydrogens is 270 g/mol. The molecule has 1 saturated carbocycles. The van der Waals surface area contributed by atoms with Crippen LogP contribution in [0.15, 0.2) is 22.8 Å². The average molecular weight is 293 g/mol. The third-order valence-corrected chi connectivity index (χ3v) is 3.80. The van der Waals surface area contributed by atoms with Gasteiger partial charge in [0.05, 0.1) is 19.4 Å². The van der Waals surface area contributed by atoms with Gasteiger partial charge < -0.3 is 20.4 Å². The lowest BCUT2D eigenvalue weighted by atomic mass is 9.87. The first-order valence-corrected chi connectivity index (χ1v) is 7.47. The highest BCUT2D eigenvalue weighted by atomic mass is 16.3. The maximum absolute atomic E-state index is 11.7. The Balaban J connectivity index is 1.58. The Kier molecular flexibility index (Phi) is 5.66. The highest BCUT2D eigenvalue weighted by molar-refractivity contribution is 5.83. The summed E-state index contributed by atoms with van der Waals surface area (Å²) < 4.78 is 5.10. The zero-order chi connectivity index (χ0) is 15.1. The number of hydrogen-bond donors (Lipinski definition) is 3. The molecule has 0 saturated heterocycles. The molecule has 6 heteroatoms. The molecule has 0 atom stereocenters. The zero-order valence-electron chi connectivity index (χ0n) is 12.4. The summed E-state index contributed by atoms with van der Waals surface area (Å²) in [5, 5.41) is 8.17. The summed E-state index contributed by atoms with van der Waals surface area (Å²) in [5.41, 5.74) is 0. The van der Waals surface area contributed by atoms with Crippen molar-refractivity contribution in [1.82, 2.24) is 16.0 Å². The number of nitrogens with one attached hydrogen (secondary N) is 3. The summed E-state index contributed by atoms with van der Waals surface area (Å²) in [6, 6.07) is 3.50. The van der Waals surface area contributed by atoms with Gasteiger partial charge in [-0.05, 0) is 43.7 Å². The van der Waals surface area contributed by atoms with Gasteiger partial charge in [0.1, 0.15) is 5.76 Å². The van der Waals surface area contributed by atoms with Gasteiger partial charge in [-0.3, -0.25) is 4.79 Å². The van der Waals surface area contributed by atoms with Crippen molar-refractivity contribution in [2.75, 3.05) is 6.54 Å². The van der Waals surface area contributed by atoms with E-state index < -0.39 is 0 Å². The number of rotatable bonds is 5. The summed E-state index contributed by atoms with van der Waals surface area (Å²) in [4.78, 5) is 23.3. The Morgan fingerprint density at radius 3 is 2.67 bits per heavy atom. The molecule has 116 valence electrons. The molecule has 0 unspecified atom stereocenters. The monoisotopic (exact) mass is 293 g/mol.